The Morgan fingerprint density at radius 2 is 0.657 bits per heavy atom. The maximum Gasteiger partial charge on any atom is 0.550 e. The van der Waals surface area contributed by atoms with E-state index in [0.29, 0.717) is 6.42 Å². The Kier molecular flexibility index (Phi) is 21.4. The van der Waals surface area contributed by atoms with Gasteiger partial charge in [-0.25, -0.2) is 43.7 Å². The van der Waals surface area contributed by atoms with Crippen molar-refractivity contribution in [3.8, 4) is 0 Å². The van der Waals surface area contributed by atoms with E-state index in [9.17, 15) is 28.8 Å². The molecule has 0 N–H and O–H groups in total. The van der Waals surface area contributed by atoms with Crippen LogP contribution in [0, 0.1) is 5.41 Å². The van der Waals surface area contributed by atoms with E-state index >= 15 is 0 Å². The minimum atomic E-state index is -2.20. The van der Waals surface area contributed by atoms with Crippen LogP contribution in [-0.2, 0) is 43.5 Å². The molecule has 3 aromatic rings. The van der Waals surface area contributed by atoms with Crippen LogP contribution in [0.2, 0.25) is 18.1 Å². The molecule has 0 amide bonds. The lowest BCUT2D eigenvalue weighted by molar-refractivity contribution is -0.239. The highest BCUT2D eigenvalue weighted by molar-refractivity contribution is 7.00. The molecule has 0 spiro atoms. The number of benzene rings is 3. The molecule has 374 valence electrons. The van der Waals surface area contributed by atoms with Crippen LogP contribution in [0.5, 0.6) is 0 Å². The largest absolute Gasteiger partial charge is 0.550 e. The van der Waals surface area contributed by atoms with Gasteiger partial charge in [0.2, 0.25) is 0 Å². The normalized spacial score (nSPS) is 13.4. The van der Waals surface area contributed by atoms with E-state index in [4.69, 9.17) is 43.5 Å². The number of rotatable bonds is 23. The molecule has 70 heavy (non-hydrogen) atoms. The molecule has 3 unspecified atom stereocenters. The second-order valence-electron chi connectivity index (χ2n) is 16.4. The van der Waals surface area contributed by atoms with Crippen molar-refractivity contribution in [1.29, 1.82) is 0 Å². The second-order valence-corrected chi connectivity index (χ2v) is 28.9. The molecule has 0 saturated heterocycles. The fourth-order valence-electron chi connectivity index (χ4n) is 8.40. The first-order valence-corrected chi connectivity index (χ1v) is 29.8. The Morgan fingerprint density at radius 1 is 0.429 bits per heavy atom. The zero-order valence-electron chi connectivity index (χ0n) is 41.0. The van der Waals surface area contributed by atoms with Crippen LogP contribution in [0.1, 0.15) is 92.4 Å². The van der Waals surface area contributed by atoms with Crippen LogP contribution in [0.25, 0.3) is 0 Å². The molecular formula is C52H64O15Si3. The smallest absolute Gasteiger partial charge is 0.428 e. The molecule has 15 nitrogen and oxygen atoms in total. The molecule has 0 aliphatic rings. The van der Waals surface area contributed by atoms with Crippen LogP contribution in [0.4, 0.5) is 14.4 Å². The molecule has 0 radical (unpaired) electrons. The Balaban J connectivity index is 1.83. The molecule has 0 aliphatic carbocycles. The zero-order valence-corrected chi connectivity index (χ0v) is 44.0. The summed E-state index contributed by atoms with van der Waals surface area (Å²) in [7, 11) is -6.60. The van der Waals surface area contributed by atoms with Crippen molar-refractivity contribution in [2.24, 2.45) is 5.41 Å². The summed E-state index contributed by atoms with van der Waals surface area (Å²) in [4.78, 5) is 107. The van der Waals surface area contributed by atoms with Gasteiger partial charge in [-0.05, 0) is 81.7 Å². The summed E-state index contributed by atoms with van der Waals surface area (Å²) in [6.07, 6.45) is -8.31. The van der Waals surface area contributed by atoms with Crippen LogP contribution < -0.4 is 15.6 Å². The van der Waals surface area contributed by atoms with Crippen molar-refractivity contribution in [1.82, 2.24) is 0 Å². The predicted octanol–water partition coefficient (Wildman–Crippen LogP) is 10.1. The number of hydrogen-bond acceptors (Lipinski definition) is 15. The van der Waals surface area contributed by atoms with Crippen molar-refractivity contribution in [2.75, 3.05) is 0 Å². The van der Waals surface area contributed by atoms with E-state index in [1.165, 1.54) is 57.2 Å². The van der Waals surface area contributed by atoms with E-state index in [0.717, 1.165) is 33.7 Å². The third-order valence-corrected chi connectivity index (χ3v) is 25.3. The number of hydrogen-bond donors (Lipinski definition) is 0. The first-order valence-electron chi connectivity index (χ1n) is 22.8. The monoisotopic (exact) mass is 1010 g/mol. The Bertz CT molecular complexity index is 2100. The predicted molar refractivity (Wildman–Crippen MR) is 273 cm³/mol. The summed E-state index contributed by atoms with van der Waals surface area (Å²) in [6, 6.07) is 22.0. The van der Waals surface area contributed by atoms with Gasteiger partial charge in [-0.1, -0.05) is 120 Å². The summed E-state index contributed by atoms with van der Waals surface area (Å²) in [5.74, 6) is -3.04. The summed E-state index contributed by atoms with van der Waals surface area (Å²) < 4.78 is 16.8. The quantitative estimate of drug-likeness (QED) is 0.0287. The minimum absolute atomic E-state index is 0.00267. The van der Waals surface area contributed by atoms with Crippen molar-refractivity contribution in [2.45, 2.75) is 97.8 Å². The van der Waals surface area contributed by atoms with Gasteiger partial charge < -0.3 is 14.2 Å². The maximum atomic E-state index is 13.2. The molecule has 3 atom stereocenters. The summed E-state index contributed by atoms with van der Waals surface area (Å²) in [6.45, 7) is 35.7. The average molecular weight is 1010 g/mol. The molecule has 0 fully saturated rings. The molecule has 0 aliphatic heterocycles. The van der Waals surface area contributed by atoms with Crippen molar-refractivity contribution >= 4 is 76.2 Å². The van der Waals surface area contributed by atoms with E-state index in [-0.39, 0.29) is 23.1 Å². The number of carbonyl (C=O) groups is 6. The van der Waals surface area contributed by atoms with Gasteiger partial charge in [0.15, 0.2) is 0 Å². The summed E-state index contributed by atoms with van der Waals surface area (Å²) in [5, 5.41) is 2.87. The van der Waals surface area contributed by atoms with Gasteiger partial charge in [0.05, 0.1) is 22.1 Å². The maximum absolute atomic E-state index is 13.2. The Morgan fingerprint density at radius 3 is 0.843 bits per heavy atom. The highest BCUT2D eigenvalue weighted by Crippen LogP contribution is 2.42. The molecule has 18 heteroatoms. The van der Waals surface area contributed by atoms with Gasteiger partial charge in [-0.2, -0.15) is 14.4 Å². The van der Waals surface area contributed by atoms with Gasteiger partial charge in [0.1, 0.15) is 42.5 Å². The highest BCUT2D eigenvalue weighted by atomic mass is 28.3. The molecule has 0 saturated carbocycles. The summed E-state index contributed by atoms with van der Waals surface area (Å²) in [5.41, 5.74) is 9.83. The molecule has 0 heterocycles. The van der Waals surface area contributed by atoms with Gasteiger partial charge >= 0.3 is 36.4 Å². The molecule has 0 aromatic heterocycles. The number of ether oxygens (including phenoxy) is 3. The second kappa shape index (κ2) is 26.1. The van der Waals surface area contributed by atoms with Gasteiger partial charge in [0, 0.05) is 0 Å². The van der Waals surface area contributed by atoms with E-state index < -0.39 is 84.3 Å². The van der Waals surface area contributed by atoms with Gasteiger partial charge in [-0.15, -0.1) is 39.5 Å². The topological polar surface area (TPSA) is 185 Å². The van der Waals surface area contributed by atoms with Crippen LogP contribution in [-0.4, -0.2) is 78.9 Å². The van der Waals surface area contributed by atoms with Gasteiger partial charge in [0.25, 0.3) is 0 Å². The lowest BCUT2D eigenvalue weighted by Crippen LogP contribution is -2.54. The first-order chi connectivity index (χ1) is 33.3. The lowest BCUT2D eigenvalue weighted by atomic mass is 9.70. The van der Waals surface area contributed by atoms with Crippen molar-refractivity contribution < 1.29 is 72.3 Å². The van der Waals surface area contributed by atoms with Crippen LogP contribution in [0.15, 0.2) is 146 Å². The molecule has 0 bridgehead atoms. The van der Waals surface area contributed by atoms with Gasteiger partial charge in [-0.3, -0.25) is 0 Å². The molecular weight excluding hydrogens is 949 g/mol. The van der Waals surface area contributed by atoms with Crippen LogP contribution in [0.3, 0.4) is 0 Å². The third kappa shape index (κ3) is 13.2. The molecule has 3 aromatic carbocycles. The minimum Gasteiger partial charge on any atom is -0.428 e. The fourth-order valence-corrected chi connectivity index (χ4v) is 15.6. The SMILES string of the molecule is C=C[Si](C=C)(CC)c1ccc(C(=O)OOC(=O)OC(C)C(CCC)(C(C)OC(=O)OOC(=O)c2ccc([Si](C=C)(C=C)CC)cc2)C(C)OC(=O)OOC(=O)c2ccc([Si](C=C)(C=C)CC)cc2)cc1. The average Bonchev–Trinajstić information content (AvgIpc) is 3.38. The summed E-state index contributed by atoms with van der Waals surface area (Å²) >= 11 is 0. The number of carbonyl (C=O) groups excluding carboxylic acids is 6. The Labute approximate surface area is 413 Å². The van der Waals surface area contributed by atoms with E-state index in [1.54, 1.807) is 43.3 Å². The molecule has 3 rings (SSSR count). The van der Waals surface area contributed by atoms with Crippen molar-refractivity contribution in [3.63, 3.8) is 0 Å². The van der Waals surface area contributed by atoms with E-state index in [2.05, 4.69) is 39.5 Å². The third-order valence-electron chi connectivity index (χ3n) is 13.2. The van der Waals surface area contributed by atoms with E-state index in [1.807, 2.05) is 55.0 Å². The lowest BCUT2D eigenvalue weighted by Gasteiger charge is -2.44. The van der Waals surface area contributed by atoms with Crippen LogP contribution >= 0.6 is 0 Å². The Hall–Kier alpha value is -7.03. The first kappa shape index (κ1) is 57.3. The highest BCUT2D eigenvalue weighted by Gasteiger charge is 2.52. The standard InChI is InChI=1S/C52H64O15Si3/c1-14-36-52(37(11)59-49(56)65-62-46(53)40-24-30-43(31-25-40)68(15-2,16-3)17-4,38(12)60-50(57)66-63-47(54)41-26-32-44(33-27-41)69(18-5,19-6)20-7)39(13)61-51(58)67-64-48(55)42-28-34-45(35-29-42)70(21-8,22-9)23-10/h15-16,18-19,21-22,24-35,37-39H,2-3,5-6,8-9,14,17,20,23,36H2,1,4,7,10-13H3. The van der Waals surface area contributed by atoms with Crippen molar-refractivity contribution in [3.05, 3.63) is 163 Å². The fraction of sp³-hybridized carbons (Fsp3) is 0.308. The zero-order chi connectivity index (χ0) is 52.3.